The summed E-state index contributed by atoms with van der Waals surface area (Å²) in [7, 11) is 1.45. The molecule has 3 aromatic rings. The van der Waals surface area contributed by atoms with Gasteiger partial charge in [0.05, 0.1) is 26.5 Å². The van der Waals surface area contributed by atoms with Crippen LogP contribution in [0.3, 0.4) is 0 Å². The molecule has 178 valence electrons. The van der Waals surface area contributed by atoms with Gasteiger partial charge < -0.3 is 24.4 Å². The van der Waals surface area contributed by atoms with Crippen molar-refractivity contribution in [3.8, 4) is 22.8 Å². The van der Waals surface area contributed by atoms with E-state index in [2.05, 4.69) is 25.0 Å². The molecule has 2 atom stereocenters. The molecule has 0 spiro atoms. The zero-order chi connectivity index (χ0) is 23.7. The van der Waals surface area contributed by atoms with E-state index in [1.807, 2.05) is 4.90 Å². The van der Waals surface area contributed by atoms with Crippen molar-refractivity contribution in [2.45, 2.75) is 6.61 Å². The first kappa shape index (κ1) is 22.2. The molecule has 2 aliphatic heterocycles. The molecular weight excluding hydrogens is 451 g/mol. The van der Waals surface area contributed by atoms with Crippen LogP contribution in [0.1, 0.15) is 0 Å². The summed E-state index contributed by atoms with van der Waals surface area (Å²) in [5.41, 5.74) is 1.76. The van der Waals surface area contributed by atoms with Crippen LogP contribution in [-0.4, -0.2) is 55.0 Å². The predicted molar refractivity (Wildman–Crippen MR) is 118 cm³/mol. The lowest BCUT2D eigenvalue weighted by atomic mass is 10.0. The molecule has 5 rings (SSSR count). The molecule has 2 aromatic heterocycles. The van der Waals surface area contributed by atoms with E-state index < -0.39 is 12.4 Å². The Morgan fingerprint density at radius 3 is 2.47 bits per heavy atom. The third-order valence-electron chi connectivity index (χ3n) is 5.96. The van der Waals surface area contributed by atoms with Gasteiger partial charge in [-0.25, -0.2) is 14.4 Å². The topological polar surface area (TPSA) is 81.6 Å². The van der Waals surface area contributed by atoms with Crippen LogP contribution in [0.4, 0.5) is 30.6 Å². The van der Waals surface area contributed by atoms with E-state index in [4.69, 9.17) is 9.47 Å². The molecule has 2 aliphatic rings. The highest BCUT2D eigenvalue weighted by atomic mass is 19.3. The summed E-state index contributed by atoms with van der Waals surface area (Å²) in [6.07, 6.45) is 2.71. The summed E-state index contributed by atoms with van der Waals surface area (Å²) < 4.78 is 54.6. The van der Waals surface area contributed by atoms with Crippen molar-refractivity contribution in [1.29, 1.82) is 0 Å². The van der Waals surface area contributed by atoms with Gasteiger partial charge in [-0.15, -0.1) is 0 Å². The highest BCUT2D eigenvalue weighted by molar-refractivity contribution is 5.72. The predicted octanol–water partition coefficient (Wildman–Crippen LogP) is 4.11. The number of alkyl halides is 2. The first-order valence-corrected chi connectivity index (χ1v) is 10.7. The summed E-state index contributed by atoms with van der Waals surface area (Å²) >= 11 is 0. The van der Waals surface area contributed by atoms with E-state index in [1.165, 1.54) is 19.2 Å². The van der Waals surface area contributed by atoms with Gasteiger partial charge in [-0.05, 0) is 23.8 Å². The number of anilines is 3. The van der Waals surface area contributed by atoms with Gasteiger partial charge in [0.25, 0.3) is 0 Å². The minimum atomic E-state index is -2.90. The summed E-state index contributed by atoms with van der Waals surface area (Å²) in [4.78, 5) is 14.9. The Hall–Kier alpha value is -3.60. The molecule has 0 bridgehead atoms. The average molecular weight is 473 g/mol. The number of benzene rings is 1. The third-order valence-corrected chi connectivity index (χ3v) is 5.96. The lowest BCUT2D eigenvalue weighted by Crippen LogP contribution is -2.24. The molecule has 1 N–H and O–H groups in total. The molecule has 11 heteroatoms. The van der Waals surface area contributed by atoms with E-state index >= 15 is 0 Å². The number of hydrogen-bond acceptors (Lipinski definition) is 8. The summed E-state index contributed by atoms with van der Waals surface area (Å²) in [6.45, 7) is 0.0740. The van der Waals surface area contributed by atoms with Crippen molar-refractivity contribution in [1.82, 2.24) is 15.0 Å². The van der Waals surface area contributed by atoms with Crippen LogP contribution in [0.2, 0.25) is 0 Å². The Labute approximate surface area is 193 Å². The quantitative estimate of drug-likeness (QED) is 0.549. The molecule has 1 aromatic carbocycles. The maximum Gasteiger partial charge on any atom is 0.387 e. The fourth-order valence-electron chi connectivity index (χ4n) is 4.27. The highest BCUT2D eigenvalue weighted by Gasteiger charge is 2.38. The van der Waals surface area contributed by atoms with Crippen molar-refractivity contribution in [2.75, 3.05) is 43.6 Å². The Balaban J connectivity index is 1.39. The second-order valence-electron chi connectivity index (χ2n) is 8.14. The number of aromatic nitrogens is 3. The number of halogens is 3. The number of fused-ring (bicyclic) bond motifs is 1. The van der Waals surface area contributed by atoms with Crippen molar-refractivity contribution < 1.29 is 27.4 Å². The standard InChI is InChI=1S/C23H22F3N5O3/c1-32-21-19(6-14(7-27-21)13-2-4-17(5-3-13)34-22(25)26)29-20-18(24)8-28-23(30-20)31-9-15-11-33-12-16(15)10-31/h2-8,15-16,22H,9-12H2,1H3,(H,28,29,30). The fourth-order valence-corrected chi connectivity index (χ4v) is 4.27. The number of methoxy groups -OCH3 is 1. The van der Waals surface area contributed by atoms with Gasteiger partial charge in [-0.3, -0.25) is 0 Å². The fraction of sp³-hybridized carbons (Fsp3) is 0.348. The first-order chi connectivity index (χ1) is 16.5. The van der Waals surface area contributed by atoms with Crippen molar-refractivity contribution in [2.24, 2.45) is 11.8 Å². The maximum atomic E-state index is 14.6. The number of rotatable bonds is 7. The number of pyridine rings is 1. The molecule has 0 radical (unpaired) electrons. The first-order valence-electron chi connectivity index (χ1n) is 10.7. The second-order valence-corrected chi connectivity index (χ2v) is 8.14. The minimum Gasteiger partial charge on any atom is -0.480 e. The molecule has 0 amide bonds. The van der Waals surface area contributed by atoms with E-state index in [0.29, 0.717) is 34.6 Å². The van der Waals surface area contributed by atoms with E-state index in [1.54, 1.807) is 24.4 Å². The van der Waals surface area contributed by atoms with Crippen molar-refractivity contribution in [3.05, 3.63) is 48.5 Å². The lowest BCUT2D eigenvalue weighted by molar-refractivity contribution is -0.0498. The van der Waals surface area contributed by atoms with Crippen LogP contribution in [0.25, 0.3) is 11.1 Å². The van der Waals surface area contributed by atoms with Crippen LogP contribution >= 0.6 is 0 Å². The Morgan fingerprint density at radius 2 is 1.79 bits per heavy atom. The Bertz CT molecular complexity index is 1150. The smallest absolute Gasteiger partial charge is 0.387 e. The Kier molecular flexibility index (Phi) is 6.10. The maximum absolute atomic E-state index is 14.6. The number of nitrogens with one attached hydrogen (secondary N) is 1. The molecule has 0 aliphatic carbocycles. The van der Waals surface area contributed by atoms with Gasteiger partial charge in [0.15, 0.2) is 11.6 Å². The largest absolute Gasteiger partial charge is 0.480 e. The van der Waals surface area contributed by atoms with E-state index in [0.717, 1.165) is 32.5 Å². The van der Waals surface area contributed by atoms with Gasteiger partial charge in [-0.1, -0.05) is 12.1 Å². The van der Waals surface area contributed by atoms with E-state index in [-0.39, 0.29) is 17.4 Å². The van der Waals surface area contributed by atoms with Crippen LogP contribution in [0.15, 0.2) is 42.7 Å². The van der Waals surface area contributed by atoms with Gasteiger partial charge in [-0.2, -0.15) is 13.8 Å². The lowest BCUT2D eigenvalue weighted by Gasteiger charge is -2.18. The zero-order valence-electron chi connectivity index (χ0n) is 18.2. The molecule has 8 nitrogen and oxygen atoms in total. The summed E-state index contributed by atoms with van der Waals surface area (Å²) in [5, 5.41) is 2.96. The normalized spacial score (nSPS) is 19.4. The number of ether oxygens (including phenoxy) is 3. The van der Waals surface area contributed by atoms with E-state index in [9.17, 15) is 13.2 Å². The van der Waals surface area contributed by atoms with Gasteiger partial charge in [0, 0.05) is 36.7 Å². The monoisotopic (exact) mass is 473 g/mol. The summed E-state index contributed by atoms with van der Waals surface area (Å²) in [5.74, 6) is 0.979. The number of hydrogen-bond donors (Lipinski definition) is 1. The molecule has 2 fully saturated rings. The van der Waals surface area contributed by atoms with Crippen LogP contribution < -0.4 is 19.7 Å². The Morgan fingerprint density at radius 1 is 1.06 bits per heavy atom. The van der Waals surface area contributed by atoms with Crippen LogP contribution in [0, 0.1) is 17.7 Å². The van der Waals surface area contributed by atoms with Gasteiger partial charge in [0.2, 0.25) is 11.8 Å². The second kappa shape index (κ2) is 9.34. The zero-order valence-corrected chi connectivity index (χ0v) is 18.2. The van der Waals surface area contributed by atoms with Gasteiger partial charge in [0.1, 0.15) is 11.4 Å². The highest BCUT2D eigenvalue weighted by Crippen LogP contribution is 2.34. The minimum absolute atomic E-state index is 0.00348. The molecule has 2 unspecified atom stereocenters. The van der Waals surface area contributed by atoms with Crippen molar-refractivity contribution >= 4 is 17.5 Å². The summed E-state index contributed by atoms with van der Waals surface area (Å²) in [6, 6.07) is 7.84. The number of nitrogens with zero attached hydrogens (tertiary/aromatic N) is 4. The van der Waals surface area contributed by atoms with Crippen LogP contribution in [-0.2, 0) is 4.74 Å². The molecule has 0 saturated carbocycles. The molecule has 34 heavy (non-hydrogen) atoms. The molecule has 4 heterocycles. The molecule has 2 saturated heterocycles. The SMILES string of the molecule is COc1ncc(-c2ccc(OC(F)F)cc2)cc1Nc1nc(N2CC3COCC3C2)ncc1F. The van der Waals surface area contributed by atoms with Crippen LogP contribution in [0.5, 0.6) is 11.6 Å². The molecular formula is C23H22F3N5O3. The third kappa shape index (κ3) is 4.56. The van der Waals surface area contributed by atoms with Crippen molar-refractivity contribution in [3.63, 3.8) is 0 Å². The van der Waals surface area contributed by atoms with Gasteiger partial charge >= 0.3 is 6.61 Å². The average Bonchev–Trinajstić information content (AvgIpc) is 3.43.